The van der Waals surface area contributed by atoms with Gasteiger partial charge in [0.25, 0.3) is 0 Å². The number of aromatic nitrogens is 3. The highest BCUT2D eigenvalue weighted by atomic mass is 32.1. The van der Waals surface area contributed by atoms with Crippen molar-refractivity contribution in [2.24, 2.45) is 0 Å². The average molecular weight is 245 g/mol. The standard InChI is InChI=1S/C13H15N3S/c1-9(2)11-8-13(17)16-12(15-11)7-10-3-5-14-6-4-10/h3-6,8-9H,7H2,1-2H3,(H,15,16,17). The molecule has 0 atom stereocenters. The van der Waals surface area contributed by atoms with Crippen molar-refractivity contribution in [3.05, 3.63) is 52.3 Å². The third-order valence-electron chi connectivity index (χ3n) is 2.56. The van der Waals surface area contributed by atoms with Crippen LogP contribution in [0.3, 0.4) is 0 Å². The summed E-state index contributed by atoms with van der Waals surface area (Å²) in [6.45, 7) is 4.27. The van der Waals surface area contributed by atoms with Crippen LogP contribution in [0.25, 0.3) is 0 Å². The Labute approximate surface area is 106 Å². The van der Waals surface area contributed by atoms with Crippen LogP contribution in [-0.2, 0) is 6.42 Å². The molecule has 0 bridgehead atoms. The fourth-order valence-corrected chi connectivity index (χ4v) is 1.85. The molecule has 3 nitrogen and oxygen atoms in total. The summed E-state index contributed by atoms with van der Waals surface area (Å²) in [5.41, 5.74) is 2.31. The fourth-order valence-electron chi connectivity index (χ4n) is 1.62. The van der Waals surface area contributed by atoms with Gasteiger partial charge in [-0.2, -0.15) is 0 Å². The third kappa shape index (κ3) is 3.20. The van der Waals surface area contributed by atoms with E-state index < -0.39 is 0 Å². The molecular weight excluding hydrogens is 230 g/mol. The van der Waals surface area contributed by atoms with E-state index in [-0.39, 0.29) is 0 Å². The predicted octanol–water partition coefficient (Wildman–Crippen LogP) is 3.25. The van der Waals surface area contributed by atoms with Gasteiger partial charge in [0.1, 0.15) is 10.5 Å². The van der Waals surface area contributed by atoms with Gasteiger partial charge in [0.2, 0.25) is 0 Å². The molecule has 0 aliphatic carbocycles. The van der Waals surface area contributed by atoms with Crippen molar-refractivity contribution < 1.29 is 0 Å². The number of pyridine rings is 1. The number of rotatable bonds is 3. The topological polar surface area (TPSA) is 41.6 Å². The van der Waals surface area contributed by atoms with Gasteiger partial charge in [-0.3, -0.25) is 4.98 Å². The van der Waals surface area contributed by atoms with E-state index in [0.29, 0.717) is 10.6 Å². The fraction of sp³-hybridized carbons (Fsp3) is 0.308. The Morgan fingerprint density at radius 2 is 2.00 bits per heavy atom. The van der Waals surface area contributed by atoms with E-state index in [1.165, 1.54) is 5.56 Å². The van der Waals surface area contributed by atoms with Crippen molar-refractivity contribution in [1.82, 2.24) is 15.0 Å². The minimum atomic E-state index is 0.427. The van der Waals surface area contributed by atoms with Gasteiger partial charge in [-0.15, -0.1) is 0 Å². The van der Waals surface area contributed by atoms with Gasteiger partial charge < -0.3 is 4.98 Å². The van der Waals surface area contributed by atoms with Gasteiger partial charge in [0, 0.05) is 24.5 Å². The van der Waals surface area contributed by atoms with Crippen molar-refractivity contribution in [3.8, 4) is 0 Å². The molecular formula is C13H15N3S. The van der Waals surface area contributed by atoms with Crippen LogP contribution in [0.15, 0.2) is 30.6 Å². The van der Waals surface area contributed by atoms with Gasteiger partial charge >= 0.3 is 0 Å². The molecule has 4 heteroatoms. The zero-order valence-corrected chi connectivity index (χ0v) is 10.8. The molecule has 0 spiro atoms. The summed E-state index contributed by atoms with van der Waals surface area (Å²) in [5, 5.41) is 0. The Hall–Kier alpha value is -1.55. The zero-order valence-electron chi connectivity index (χ0n) is 9.97. The lowest BCUT2D eigenvalue weighted by molar-refractivity contribution is 0.788. The zero-order chi connectivity index (χ0) is 12.3. The molecule has 1 N–H and O–H groups in total. The highest BCUT2D eigenvalue weighted by Gasteiger charge is 2.03. The molecule has 0 amide bonds. The molecule has 2 aromatic heterocycles. The smallest absolute Gasteiger partial charge is 0.130 e. The molecule has 0 aromatic carbocycles. The molecule has 17 heavy (non-hydrogen) atoms. The first-order valence-corrected chi connectivity index (χ1v) is 6.05. The Bertz CT molecular complexity index is 546. The molecule has 0 saturated carbocycles. The first-order chi connectivity index (χ1) is 8.15. The minimum absolute atomic E-state index is 0.427. The number of nitrogens with one attached hydrogen (secondary N) is 1. The summed E-state index contributed by atoms with van der Waals surface area (Å²) in [6.07, 6.45) is 4.33. The highest BCUT2D eigenvalue weighted by Crippen LogP contribution is 2.12. The lowest BCUT2D eigenvalue weighted by atomic mass is 10.1. The molecule has 0 fully saturated rings. The van der Waals surface area contributed by atoms with Gasteiger partial charge in [0.05, 0.1) is 0 Å². The van der Waals surface area contributed by atoms with Crippen LogP contribution in [0, 0.1) is 4.64 Å². The second-order valence-corrected chi connectivity index (χ2v) is 4.73. The molecule has 2 rings (SSSR count). The van der Waals surface area contributed by atoms with Gasteiger partial charge in [-0.1, -0.05) is 26.1 Å². The van der Waals surface area contributed by atoms with E-state index >= 15 is 0 Å². The largest absolute Gasteiger partial charge is 0.347 e. The Morgan fingerprint density at radius 3 is 2.65 bits per heavy atom. The molecule has 2 aromatic rings. The third-order valence-corrected chi connectivity index (χ3v) is 2.76. The lowest BCUT2D eigenvalue weighted by Gasteiger charge is -2.08. The number of hydrogen-bond acceptors (Lipinski definition) is 3. The normalized spacial score (nSPS) is 10.8. The van der Waals surface area contributed by atoms with Gasteiger partial charge in [-0.05, 0) is 29.7 Å². The van der Waals surface area contributed by atoms with Crippen LogP contribution in [0.1, 0.15) is 36.8 Å². The van der Waals surface area contributed by atoms with E-state index in [1.807, 2.05) is 18.2 Å². The maximum Gasteiger partial charge on any atom is 0.130 e. The van der Waals surface area contributed by atoms with Crippen molar-refractivity contribution in [2.45, 2.75) is 26.2 Å². The van der Waals surface area contributed by atoms with Crippen LogP contribution in [0.5, 0.6) is 0 Å². The van der Waals surface area contributed by atoms with Crippen molar-refractivity contribution >= 4 is 12.2 Å². The number of hydrogen-bond donors (Lipinski definition) is 1. The number of aromatic amines is 1. The SMILES string of the molecule is CC(C)c1cc(=S)nc(Cc2ccncc2)[nH]1. The monoisotopic (exact) mass is 245 g/mol. The number of nitrogens with zero attached hydrogens (tertiary/aromatic N) is 2. The minimum Gasteiger partial charge on any atom is -0.347 e. The van der Waals surface area contributed by atoms with Gasteiger partial charge in [0.15, 0.2) is 0 Å². The Balaban J connectivity index is 2.30. The van der Waals surface area contributed by atoms with Gasteiger partial charge in [-0.25, -0.2) is 4.98 Å². The van der Waals surface area contributed by atoms with Crippen LogP contribution in [0.2, 0.25) is 0 Å². The van der Waals surface area contributed by atoms with Crippen molar-refractivity contribution in [3.63, 3.8) is 0 Å². The molecule has 0 unspecified atom stereocenters. The summed E-state index contributed by atoms with van der Waals surface area (Å²) in [6, 6.07) is 5.90. The van der Waals surface area contributed by atoms with Crippen LogP contribution in [0.4, 0.5) is 0 Å². The molecule has 2 heterocycles. The second-order valence-electron chi connectivity index (χ2n) is 4.31. The van der Waals surface area contributed by atoms with Crippen molar-refractivity contribution in [1.29, 1.82) is 0 Å². The Kier molecular flexibility index (Phi) is 3.64. The van der Waals surface area contributed by atoms with Crippen LogP contribution in [-0.4, -0.2) is 15.0 Å². The van der Waals surface area contributed by atoms with E-state index in [4.69, 9.17) is 12.2 Å². The quantitative estimate of drug-likeness (QED) is 0.844. The predicted molar refractivity (Wildman–Crippen MR) is 70.6 cm³/mol. The molecule has 0 radical (unpaired) electrons. The Morgan fingerprint density at radius 1 is 1.29 bits per heavy atom. The maximum absolute atomic E-state index is 5.18. The summed E-state index contributed by atoms with van der Waals surface area (Å²) in [4.78, 5) is 11.7. The summed E-state index contributed by atoms with van der Waals surface area (Å²) in [7, 11) is 0. The highest BCUT2D eigenvalue weighted by molar-refractivity contribution is 7.71. The average Bonchev–Trinajstić information content (AvgIpc) is 2.29. The first kappa shape index (κ1) is 11.9. The second kappa shape index (κ2) is 5.19. The van der Waals surface area contributed by atoms with Crippen LogP contribution >= 0.6 is 12.2 Å². The van der Waals surface area contributed by atoms with E-state index in [9.17, 15) is 0 Å². The number of H-pyrrole nitrogens is 1. The van der Waals surface area contributed by atoms with E-state index in [2.05, 4.69) is 28.8 Å². The molecule has 88 valence electrons. The van der Waals surface area contributed by atoms with E-state index in [1.54, 1.807) is 12.4 Å². The molecule has 0 aliphatic heterocycles. The molecule has 0 saturated heterocycles. The van der Waals surface area contributed by atoms with Crippen molar-refractivity contribution in [2.75, 3.05) is 0 Å². The van der Waals surface area contributed by atoms with E-state index in [0.717, 1.165) is 17.9 Å². The molecule has 0 aliphatic rings. The lowest BCUT2D eigenvalue weighted by Crippen LogP contribution is -2.02. The van der Waals surface area contributed by atoms with Crippen LogP contribution < -0.4 is 0 Å². The summed E-state index contributed by atoms with van der Waals surface area (Å²) >= 11 is 5.18. The summed E-state index contributed by atoms with van der Waals surface area (Å²) in [5.74, 6) is 1.34. The summed E-state index contributed by atoms with van der Waals surface area (Å²) < 4.78 is 0.650. The first-order valence-electron chi connectivity index (χ1n) is 5.64. The maximum atomic E-state index is 5.18.